The third-order valence-electron chi connectivity index (χ3n) is 5.15. The molecule has 0 unspecified atom stereocenters. The maximum absolute atomic E-state index is 11.4. The van der Waals surface area contributed by atoms with E-state index in [1.54, 1.807) is 0 Å². The molecule has 5 rings (SSSR count). The largest absolute Gasteiger partial charge is 0.494 e. The number of aromatic hydroxyl groups is 1. The molecule has 0 fully saturated rings. The summed E-state index contributed by atoms with van der Waals surface area (Å²) in [5.41, 5.74) is 5.80. The second-order valence-electron chi connectivity index (χ2n) is 7.26. The number of nitrogens with one attached hydrogen (secondary N) is 2. The van der Waals surface area contributed by atoms with Crippen molar-refractivity contribution in [3.05, 3.63) is 78.9 Å². The molecule has 0 saturated heterocycles. The van der Waals surface area contributed by atoms with E-state index in [4.69, 9.17) is 4.98 Å². The lowest BCUT2D eigenvalue weighted by molar-refractivity contribution is -0.114. The van der Waals surface area contributed by atoms with Crippen LogP contribution in [0.25, 0.3) is 44.2 Å². The van der Waals surface area contributed by atoms with E-state index < -0.39 is 0 Å². The highest BCUT2D eigenvalue weighted by atomic mass is 16.3. The zero-order valence-electron chi connectivity index (χ0n) is 16.3. The maximum atomic E-state index is 11.4. The standard InChI is InChI=1S/C25H19N3O2/c1-15(29)26-19-7-4-6-17(13-19)18-10-11-22-20(14-18)24(25(30)28-22)23-12-9-16-5-2-3-8-21(16)27-23/h2-14,28,30H,1H3,(H,26,29). The number of aromatic nitrogens is 2. The highest BCUT2D eigenvalue weighted by molar-refractivity contribution is 6.01. The minimum absolute atomic E-state index is 0.0944. The number of carbonyl (C=O) groups excluding carboxylic acids is 1. The van der Waals surface area contributed by atoms with Gasteiger partial charge in [-0.3, -0.25) is 4.79 Å². The molecule has 2 heterocycles. The number of rotatable bonds is 3. The summed E-state index contributed by atoms with van der Waals surface area (Å²) < 4.78 is 0. The van der Waals surface area contributed by atoms with Gasteiger partial charge in [-0.05, 0) is 47.5 Å². The van der Waals surface area contributed by atoms with Crippen LogP contribution in [0, 0.1) is 0 Å². The minimum Gasteiger partial charge on any atom is -0.494 e. The van der Waals surface area contributed by atoms with E-state index >= 15 is 0 Å². The minimum atomic E-state index is -0.108. The van der Waals surface area contributed by atoms with E-state index in [0.29, 0.717) is 11.3 Å². The van der Waals surface area contributed by atoms with Crippen LogP contribution in [0.1, 0.15) is 6.92 Å². The van der Waals surface area contributed by atoms with Gasteiger partial charge in [0, 0.05) is 28.9 Å². The second kappa shape index (κ2) is 7.04. The van der Waals surface area contributed by atoms with E-state index in [9.17, 15) is 9.90 Å². The van der Waals surface area contributed by atoms with Crippen LogP contribution in [-0.2, 0) is 4.79 Å². The lowest BCUT2D eigenvalue weighted by Crippen LogP contribution is -2.05. The smallest absolute Gasteiger partial charge is 0.221 e. The Bertz CT molecular complexity index is 1420. The lowest BCUT2D eigenvalue weighted by atomic mass is 10.0. The quantitative estimate of drug-likeness (QED) is 0.367. The molecule has 0 aliphatic rings. The average Bonchev–Trinajstić information content (AvgIpc) is 3.08. The van der Waals surface area contributed by atoms with Gasteiger partial charge < -0.3 is 15.4 Å². The molecule has 0 bridgehead atoms. The molecule has 0 radical (unpaired) electrons. The van der Waals surface area contributed by atoms with Crippen LogP contribution in [0.15, 0.2) is 78.9 Å². The molecule has 30 heavy (non-hydrogen) atoms. The van der Waals surface area contributed by atoms with Crippen molar-refractivity contribution in [3.8, 4) is 28.3 Å². The van der Waals surface area contributed by atoms with E-state index in [0.717, 1.165) is 38.6 Å². The molecule has 1 amide bonds. The molecule has 146 valence electrons. The summed E-state index contributed by atoms with van der Waals surface area (Å²) in [6.45, 7) is 1.49. The molecule has 3 aromatic carbocycles. The molecule has 5 heteroatoms. The molecular weight excluding hydrogens is 374 g/mol. The average molecular weight is 393 g/mol. The second-order valence-corrected chi connectivity index (χ2v) is 7.26. The molecule has 3 N–H and O–H groups in total. The Balaban J connectivity index is 1.65. The van der Waals surface area contributed by atoms with Crippen molar-refractivity contribution < 1.29 is 9.90 Å². The summed E-state index contributed by atoms with van der Waals surface area (Å²) in [5, 5.41) is 15.4. The van der Waals surface area contributed by atoms with Crippen LogP contribution >= 0.6 is 0 Å². The lowest BCUT2D eigenvalue weighted by Gasteiger charge is -2.07. The van der Waals surface area contributed by atoms with Crippen LogP contribution in [0.2, 0.25) is 0 Å². The Labute approximate surface area is 173 Å². The van der Waals surface area contributed by atoms with E-state index in [2.05, 4.69) is 10.3 Å². The third kappa shape index (κ3) is 3.16. The first-order valence-electron chi connectivity index (χ1n) is 9.67. The van der Waals surface area contributed by atoms with Gasteiger partial charge in [-0.15, -0.1) is 0 Å². The molecule has 0 aliphatic carbocycles. The molecule has 5 aromatic rings. The number of nitrogens with zero attached hydrogens (tertiary/aromatic N) is 1. The summed E-state index contributed by atoms with van der Waals surface area (Å²) in [4.78, 5) is 19.2. The van der Waals surface area contributed by atoms with Crippen LogP contribution in [0.3, 0.4) is 0 Å². The van der Waals surface area contributed by atoms with Crippen molar-refractivity contribution in [1.82, 2.24) is 9.97 Å². The molecule has 0 aliphatic heterocycles. The Morgan fingerprint density at radius 3 is 2.63 bits per heavy atom. The van der Waals surface area contributed by atoms with Crippen LogP contribution in [0.4, 0.5) is 5.69 Å². The number of hydrogen-bond donors (Lipinski definition) is 3. The normalized spacial score (nSPS) is 11.1. The first-order valence-corrected chi connectivity index (χ1v) is 9.67. The molecular formula is C25H19N3O2. The van der Waals surface area contributed by atoms with Crippen molar-refractivity contribution in [1.29, 1.82) is 0 Å². The number of hydrogen-bond acceptors (Lipinski definition) is 3. The highest BCUT2D eigenvalue weighted by Crippen LogP contribution is 2.38. The highest BCUT2D eigenvalue weighted by Gasteiger charge is 2.15. The molecule has 0 spiro atoms. The summed E-state index contributed by atoms with van der Waals surface area (Å²) in [6.07, 6.45) is 0. The number of anilines is 1. The molecule has 0 atom stereocenters. The molecule has 0 saturated carbocycles. The summed E-state index contributed by atoms with van der Waals surface area (Å²) in [7, 11) is 0. The SMILES string of the molecule is CC(=O)Nc1cccc(-c2ccc3[nH]c(O)c(-c4ccc5ccccc5n4)c3c2)c1. The van der Waals surface area contributed by atoms with Gasteiger partial charge in [0.05, 0.1) is 16.8 Å². The van der Waals surface area contributed by atoms with Crippen LogP contribution in [0.5, 0.6) is 5.88 Å². The zero-order chi connectivity index (χ0) is 20.7. The van der Waals surface area contributed by atoms with Crippen molar-refractivity contribution in [2.75, 3.05) is 5.32 Å². The number of aromatic amines is 1. The number of carbonyl (C=O) groups is 1. The fourth-order valence-electron chi connectivity index (χ4n) is 3.80. The number of pyridine rings is 1. The van der Waals surface area contributed by atoms with Crippen molar-refractivity contribution in [2.24, 2.45) is 0 Å². The van der Waals surface area contributed by atoms with Gasteiger partial charge in [0.1, 0.15) is 0 Å². The fourth-order valence-corrected chi connectivity index (χ4v) is 3.80. The van der Waals surface area contributed by atoms with Crippen molar-refractivity contribution >= 4 is 33.4 Å². The van der Waals surface area contributed by atoms with E-state index in [1.165, 1.54) is 6.92 Å². The Hall–Kier alpha value is -4.12. The predicted octanol–water partition coefficient (Wildman–Crippen LogP) is 5.71. The summed E-state index contributed by atoms with van der Waals surface area (Å²) in [5.74, 6) is -0.0141. The van der Waals surface area contributed by atoms with Crippen LogP contribution in [-0.4, -0.2) is 21.0 Å². The van der Waals surface area contributed by atoms with Gasteiger partial charge in [-0.1, -0.05) is 42.5 Å². The van der Waals surface area contributed by atoms with Gasteiger partial charge in [0.15, 0.2) is 5.88 Å². The van der Waals surface area contributed by atoms with Gasteiger partial charge in [0.25, 0.3) is 0 Å². The van der Waals surface area contributed by atoms with Crippen LogP contribution < -0.4 is 5.32 Å². The van der Waals surface area contributed by atoms with Gasteiger partial charge in [0.2, 0.25) is 5.91 Å². The topological polar surface area (TPSA) is 78.0 Å². The third-order valence-corrected chi connectivity index (χ3v) is 5.15. The number of amides is 1. The van der Waals surface area contributed by atoms with E-state index in [1.807, 2.05) is 78.9 Å². The molecule has 5 nitrogen and oxygen atoms in total. The fraction of sp³-hybridized carbons (Fsp3) is 0.0400. The number of benzene rings is 3. The van der Waals surface area contributed by atoms with Gasteiger partial charge >= 0.3 is 0 Å². The Kier molecular flexibility index (Phi) is 4.21. The predicted molar refractivity (Wildman–Crippen MR) is 120 cm³/mol. The Morgan fingerprint density at radius 1 is 0.933 bits per heavy atom. The maximum Gasteiger partial charge on any atom is 0.221 e. The first-order chi connectivity index (χ1) is 14.6. The zero-order valence-corrected chi connectivity index (χ0v) is 16.3. The number of H-pyrrole nitrogens is 1. The first kappa shape index (κ1) is 17.9. The summed E-state index contributed by atoms with van der Waals surface area (Å²) >= 11 is 0. The summed E-state index contributed by atoms with van der Waals surface area (Å²) in [6, 6.07) is 25.5. The van der Waals surface area contributed by atoms with E-state index in [-0.39, 0.29) is 11.8 Å². The van der Waals surface area contributed by atoms with Crippen molar-refractivity contribution in [3.63, 3.8) is 0 Å². The Morgan fingerprint density at radius 2 is 1.77 bits per heavy atom. The van der Waals surface area contributed by atoms with Crippen molar-refractivity contribution in [2.45, 2.75) is 6.92 Å². The number of para-hydroxylation sites is 1. The van der Waals surface area contributed by atoms with Gasteiger partial charge in [-0.2, -0.15) is 0 Å². The monoisotopic (exact) mass is 393 g/mol. The van der Waals surface area contributed by atoms with Gasteiger partial charge in [-0.25, -0.2) is 4.98 Å². The number of fused-ring (bicyclic) bond motifs is 2. The molecule has 2 aromatic heterocycles.